The Morgan fingerprint density at radius 1 is 0.962 bits per heavy atom. The molecule has 0 N–H and O–H groups in total. The SMILES string of the molecule is COC(=O)c1cc(-c2ccn(-c3ccc(F)cc3)n2)c2cccccc1-2. The Morgan fingerprint density at radius 3 is 2.42 bits per heavy atom. The first kappa shape index (κ1) is 16.0. The van der Waals surface area contributed by atoms with Crippen molar-refractivity contribution < 1.29 is 13.9 Å². The van der Waals surface area contributed by atoms with Crippen molar-refractivity contribution in [1.29, 1.82) is 0 Å². The van der Waals surface area contributed by atoms with Gasteiger partial charge < -0.3 is 4.74 Å². The van der Waals surface area contributed by atoms with Gasteiger partial charge in [-0.3, -0.25) is 0 Å². The predicted molar refractivity (Wildman–Crippen MR) is 96.9 cm³/mol. The van der Waals surface area contributed by atoms with E-state index in [0.717, 1.165) is 28.1 Å². The zero-order valence-electron chi connectivity index (χ0n) is 14.0. The molecule has 4 nitrogen and oxygen atoms in total. The highest BCUT2D eigenvalue weighted by Crippen LogP contribution is 2.38. The van der Waals surface area contributed by atoms with Crippen molar-refractivity contribution >= 4 is 5.97 Å². The number of ether oxygens (including phenoxy) is 1. The largest absolute Gasteiger partial charge is 0.465 e. The normalized spacial score (nSPS) is 10.8. The number of methoxy groups -OCH3 is 1. The number of hydrogen-bond donors (Lipinski definition) is 0. The Kier molecular flexibility index (Phi) is 3.97. The summed E-state index contributed by atoms with van der Waals surface area (Å²) in [4.78, 5) is 12.1. The topological polar surface area (TPSA) is 44.1 Å². The van der Waals surface area contributed by atoms with Crippen LogP contribution in [0.25, 0.3) is 28.1 Å². The van der Waals surface area contributed by atoms with E-state index >= 15 is 0 Å². The third kappa shape index (κ3) is 2.73. The summed E-state index contributed by atoms with van der Waals surface area (Å²) < 4.78 is 19.7. The van der Waals surface area contributed by atoms with E-state index in [4.69, 9.17) is 4.74 Å². The van der Waals surface area contributed by atoms with E-state index in [0.29, 0.717) is 5.56 Å². The van der Waals surface area contributed by atoms with Crippen LogP contribution < -0.4 is 0 Å². The highest BCUT2D eigenvalue weighted by atomic mass is 19.1. The molecule has 4 rings (SSSR count). The van der Waals surface area contributed by atoms with Crippen LogP contribution in [-0.4, -0.2) is 22.9 Å². The molecule has 1 heterocycles. The van der Waals surface area contributed by atoms with Crippen LogP contribution in [0.3, 0.4) is 0 Å². The number of hydrogen-bond acceptors (Lipinski definition) is 3. The Morgan fingerprint density at radius 2 is 1.69 bits per heavy atom. The maximum atomic E-state index is 13.1. The number of aromatic nitrogens is 2. The average molecular weight is 346 g/mol. The number of halogens is 1. The van der Waals surface area contributed by atoms with Crippen LogP contribution in [0, 0.1) is 5.82 Å². The molecule has 2 aliphatic rings. The van der Waals surface area contributed by atoms with Crippen molar-refractivity contribution in [2.75, 3.05) is 7.11 Å². The Labute approximate surface area is 149 Å². The highest BCUT2D eigenvalue weighted by Gasteiger charge is 2.22. The number of benzene rings is 1. The van der Waals surface area contributed by atoms with Gasteiger partial charge in [0.05, 0.1) is 24.1 Å². The molecular formula is C21H15FN2O2. The second-order valence-corrected chi connectivity index (χ2v) is 5.82. The molecule has 1 aromatic heterocycles. The molecule has 26 heavy (non-hydrogen) atoms. The van der Waals surface area contributed by atoms with E-state index in [9.17, 15) is 9.18 Å². The lowest BCUT2D eigenvalue weighted by atomic mass is 10.1. The number of esters is 1. The standard InChI is InChI=1S/C21H15FN2O2/c1-26-21(25)19-13-18(16-5-3-2-4-6-17(16)19)20-11-12-24(23-20)15-9-7-14(22)8-10-15/h2-13H,1H3. The van der Waals surface area contributed by atoms with Gasteiger partial charge in [0.1, 0.15) is 5.82 Å². The molecule has 0 fully saturated rings. The number of carbonyl (C=O) groups excluding carboxylic acids is 1. The predicted octanol–water partition coefficient (Wildman–Crippen LogP) is 4.57. The molecular weight excluding hydrogens is 331 g/mol. The summed E-state index contributed by atoms with van der Waals surface area (Å²) in [7, 11) is 1.37. The molecule has 2 aromatic rings. The molecule has 0 atom stereocenters. The van der Waals surface area contributed by atoms with Crippen molar-refractivity contribution in [2.45, 2.75) is 0 Å². The van der Waals surface area contributed by atoms with Gasteiger partial charge in [0.25, 0.3) is 0 Å². The van der Waals surface area contributed by atoms with E-state index < -0.39 is 0 Å². The minimum absolute atomic E-state index is 0.293. The van der Waals surface area contributed by atoms with Gasteiger partial charge in [-0.1, -0.05) is 30.3 Å². The van der Waals surface area contributed by atoms with E-state index in [2.05, 4.69) is 5.10 Å². The first-order chi connectivity index (χ1) is 12.7. The fourth-order valence-electron chi connectivity index (χ4n) is 3.01. The highest BCUT2D eigenvalue weighted by molar-refractivity contribution is 6.04. The molecule has 0 unspecified atom stereocenters. The fourth-order valence-corrected chi connectivity index (χ4v) is 3.01. The van der Waals surface area contributed by atoms with Gasteiger partial charge in [0.2, 0.25) is 0 Å². The van der Waals surface area contributed by atoms with Gasteiger partial charge in [-0.05, 0) is 47.5 Å². The lowest BCUT2D eigenvalue weighted by molar-refractivity contribution is 0.0602. The van der Waals surface area contributed by atoms with Crippen molar-refractivity contribution in [3.63, 3.8) is 0 Å². The third-order valence-electron chi connectivity index (χ3n) is 4.27. The minimum Gasteiger partial charge on any atom is -0.465 e. The van der Waals surface area contributed by atoms with Crippen LogP contribution in [-0.2, 0) is 4.74 Å². The van der Waals surface area contributed by atoms with Crippen LogP contribution in [0.15, 0.2) is 72.9 Å². The molecule has 0 spiro atoms. The van der Waals surface area contributed by atoms with Gasteiger partial charge in [-0.15, -0.1) is 0 Å². The quantitative estimate of drug-likeness (QED) is 0.511. The summed E-state index contributed by atoms with van der Waals surface area (Å²) in [6.45, 7) is 0. The molecule has 0 aliphatic heterocycles. The minimum atomic E-state index is -0.384. The zero-order chi connectivity index (χ0) is 18.1. The summed E-state index contributed by atoms with van der Waals surface area (Å²) in [6, 6.07) is 19.3. The van der Waals surface area contributed by atoms with E-state index in [-0.39, 0.29) is 11.8 Å². The lowest BCUT2D eigenvalue weighted by Gasteiger charge is -2.01. The average Bonchev–Trinajstić information content (AvgIpc) is 3.20. The monoisotopic (exact) mass is 346 g/mol. The lowest BCUT2D eigenvalue weighted by Crippen LogP contribution is -1.99. The Bertz CT molecular complexity index is 1050. The third-order valence-corrected chi connectivity index (χ3v) is 4.27. The summed E-state index contributed by atoms with van der Waals surface area (Å²) >= 11 is 0. The molecule has 0 amide bonds. The molecule has 0 saturated heterocycles. The van der Waals surface area contributed by atoms with E-state index in [1.54, 1.807) is 22.9 Å². The number of rotatable bonds is 3. The molecule has 2 aliphatic carbocycles. The summed E-state index contributed by atoms with van der Waals surface area (Å²) in [5, 5.41) is 4.59. The first-order valence-corrected chi connectivity index (χ1v) is 8.09. The van der Waals surface area contributed by atoms with Gasteiger partial charge >= 0.3 is 5.97 Å². The summed E-state index contributed by atoms with van der Waals surface area (Å²) in [5.41, 5.74) is 4.56. The van der Waals surface area contributed by atoms with Crippen LogP contribution in [0.5, 0.6) is 0 Å². The van der Waals surface area contributed by atoms with Gasteiger partial charge in [-0.2, -0.15) is 5.10 Å². The molecule has 128 valence electrons. The smallest absolute Gasteiger partial charge is 0.338 e. The van der Waals surface area contributed by atoms with Crippen LogP contribution in [0.2, 0.25) is 0 Å². The number of nitrogens with zero attached hydrogens (tertiary/aromatic N) is 2. The van der Waals surface area contributed by atoms with Crippen LogP contribution >= 0.6 is 0 Å². The van der Waals surface area contributed by atoms with Crippen LogP contribution in [0.4, 0.5) is 4.39 Å². The Hall–Kier alpha value is -3.47. The summed E-state index contributed by atoms with van der Waals surface area (Å²) in [6.07, 6.45) is 1.81. The molecule has 0 radical (unpaired) electrons. The van der Waals surface area contributed by atoms with E-state index in [1.165, 1.54) is 19.2 Å². The number of carbonyl (C=O) groups is 1. The molecule has 1 aromatic carbocycles. The van der Waals surface area contributed by atoms with Gasteiger partial charge in [-0.25, -0.2) is 13.9 Å². The Balaban J connectivity index is 1.83. The van der Waals surface area contributed by atoms with Gasteiger partial charge in [0, 0.05) is 11.8 Å². The zero-order valence-corrected chi connectivity index (χ0v) is 14.0. The second-order valence-electron chi connectivity index (χ2n) is 5.82. The van der Waals surface area contributed by atoms with E-state index in [1.807, 2.05) is 42.6 Å². The van der Waals surface area contributed by atoms with Crippen molar-refractivity contribution in [3.05, 3.63) is 84.3 Å². The molecule has 0 bridgehead atoms. The van der Waals surface area contributed by atoms with Gasteiger partial charge in [0.15, 0.2) is 0 Å². The van der Waals surface area contributed by atoms with Crippen molar-refractivity contribution in [1.82, 2.24) is 9.78 Å². The van der Waals surface area contributed by atoms with Crippen molar-refractivity contribution in [3.8, 4) is 28.1 Å². The van der Waals surface area contributed by atoms with Crippen molar-refractivity contribution in [2.24, 2.45) is 0 Å². The second kappa shape index (κ2) is 6.44. The summed E-state index contributed by atoms with van der Waals surface area (Å²) in [5.74, 6) is -0.677. The first-order valence-electron chi connectivity index (χ1n) is 8.09. The number of fused-ring (bicyclic) bond motifs is 1. The maximum absolute atomic E-state index is 13.1. The fraction of sp³-hybridized carbons (Fsp3) is 0.0476. The molecule has 0 saturated carbocycles. The van der Waals surface area contributed by atoms with Crippen LogP contribution in [0.1, 0.15) is 10.4 Å². The maximum Gasteiger partial charge on any atom is 0.338 e. The molecule has 5 heteroatoms.